The van der Waals surface area contributed by atoms with Crippen LogP contribution in [0.4, 0.5) is 0 Å². The first kappa shape index (κ1) is 15.9. The van der Waals surface area contributed by atoms with Gasteiger partial charge < -0.3 is 0 Å². The Kier molecular flexibility index (Phi) is 6.08. The Morgan fingerprint density at radius 1 is 1.28 bits per heavy atom. The summed E-state index contributed by atoms with van der Waals surface area (Å²) in [6.45, 7) is 7.04. The first-order valence-electron chi connectivity index (χ1n) is 7.12. The molecule has 4 nitrogen and oxygen atoms in total. The van der Waals surface area contributed by atoms with E-state index in [-0.39, 0.29) is 6.04 Å². The maximum absolute atomic E-state index is 12.2. The summed E-state index contributed by atoms with van der Waals surface area (Å²) in [5, 5.41) is 0. The zero-order chi connectivity index (χ0) is 13.8. The Labute approximate surface area is 112 Å². The second kappa shape index (κ2) is 6.87. The molecular formula is C13H28N2O2S. The predicted octanol–water partition coefficient (Wildman–Crippen LogP) is 2.38. The molecule has 0 spiro atoms. The van der Waals surface area contributed by atoms with Crippen LogP contribution in [-0.2, 0) is 10.2 Å². The molecule has 18 heavy (non-hydrogen) atoms. The largest absolute Gasteiger partial charge is 0.279 e. The first-order valence-corrected chi connectivity index (χ1v) is 8.56. The van der Waals surface area contributed by atoms with E-state index in [1.54, 1.807) is 7.05 Å². The number of nitrogens with zero attached hydrogens (tertiary/aromatic N) is 1. The van der Waals surface area contributed by atoms with Gasteiger partial charge in [0, 0.05) is 19.6 Å². The minimum absolute atomic E-state index is 0.0998. The van der Waals surface area contributed by atoms with Gasteiger partial charge in [0.25, 0.3) is 10.2 Å². The minimum atomic E-state index is -3.31. The fourth-order valence-corrected chi connectivity index (χ4v) is 3.80. The van der Waals surface area contributed by atoms with E-state index in [2.05, 4.69) is 25.5 Å². The molecule has 1 saturated carbocycles. The molecule has 0 aromatic heterocycles. The third-order valence-corrected chi connectivity index (χ3v) is 5.85. The molecule has 0 radical (unpaired) electrons. The molecule has 1 N–H and O–H groups in total. The summed E-state index contributed by atoms with van der Waals surface area (Å²) in [6, 6.07) is 0.0998. The summed E-state index contributed by atoms with van der Waals surface area (Å²) in [5.41, 5.74) is 0. The number of rotatable bonds is 6. The van der Waals surface area contributed by atoms with Crippen molar-refractivity contribution in [2.45, 2.75) is 58.9 Å². The SMILES string of the molecule is CCCCN(C)S(=O)(=O)N[C@@H]1CCC[C@@H](C)[C@H]1C. The van der Waals surface area contributed by atoms with E-state index in [0.717, 1.165) is 25.7 Å². The van der Waals surface area contributed by atoms with Gasteiger partial charge in [0.1, 0.15) is 0 Å². The maximum Gasteiger partial charge on any atom is 0.279 e. The van der Waals surface area contributed by atoms with Gasteiger partial charge in [-0.25, -0.2) is 0 Å². The lowest BCUT2D eigenvalue weighted by Crippen LogP contribution is -2.48. The molecule has 1 aliphatic rings. The van der Waals surface area contributed by atoms with Crippen LogP contribution >= 0.6 is 0 Å². The van der Waals surface area contributed by atoms with E-state index in [0.29, 0.717) is 18.4 Å². The van der Waals surface area contributed by atoms with Crippen LogP contribution in [0.2, 0.25) is 0 Å². The second-order valence-corrected chi connectivity index (χ2v) is 7.48. The predicted molar refractivity (Wildman–Crippen MR) is 75.6 cm³/mol. The lowest BCUT2D eigenvalue weighted by Gasteiger charge is -2.35. The van der Waals surface area contributed by atoms with Gasteiger partial charge in [-0.2, -0.15) is 17.4 Å². The molecule has 0 bridgehead atoms. The van der Waals surface area contributed by atoms with Crippen LogP contribution in [0.15, 0.2) is 0 Å². The van der Waals surface area contributed by atoms with Crippen LogP contribution in [0.25, 0.3) is 0 Å². The standard InChI is InChI=1S/C13H28N2O2S/c1-5-6-10-15(4)18(16,17)14-13-9-7-8-11(2)12(13)3/h11-14H,5-10H2,1-4H3/t11-,12-,13-/m1/s1. The highest BCUT2D eigenvalue weighted by atomic mass is 32.2. The van der Waals surface area contributed by atoms with Crippen molar-refractivity contribution in [1.82, 2.24) is 9.03 Å². The Balaban J connectivity index is 2.59. The van der Waals surface area contributed by atoms with Crippen LogP contribution in [0.5, 0.6) is 0 Å². The number of hydrogen-bond acceptors (Lipinski definition) is 2. The molecule has 0 aliphatic heterocycles. The normalized spacial score (nSPS) is 29.7. The zero-order valence-electron chi connectivity index (χ0n) is 12.1. The van der Waals surface area contributed by atoms with Crippen molar-refractivity contribution in [1.29, 1.82) is 0 Å². The van der Waals surface area contributed by atoms with Gasteiger partial charge in [0.15, 0.2) is 0 Å². The highest BCUT2D eigenvalue weighted by molar-refractivity contribution is 7.87. The molecule has 3 atom stereocenters. The number of nitrogens with one attached hydrogen (secondary N) is 1. The van der Waals surface area contributed by atoms with Crippen LogP contribution in [0.1, 0.15) is 52.9 Å². The fraction of sp³-hybridized carbons (Fsp3) is 1.00. The van der Waals surface area contributed by atoms with E-state index in [1.165, 1.54) is 10.7 Å². The van der Waals surface area contributed by atoms with Gasteiger partial charge in [-0.3, -0.25) is 0 Å². The molecular weight excluding hydrogens is 248 g/mol. The Morgan fingerprint density at radius 2 is 1.94 bits per heavy atom. The quantitative estimate of drug-likeness (QED) is 0.809. The van der Waals surface area contributed by atoms with E-state index in [9.17, 15) is 8.42 Å². The monoisotopic (exact) mass is 276 g/mol. The molecule has 0 aromatic carbocycles. The van der Waals surface area contributed by atoms with Gasteiger partial charge in [0.05, 0.1) is 0 Å². The van der Waals surface area contributed by atoms with Crippen molar-refractivity contribution in [2.75, 3.05) is 13.6 Å². The average Bonchev–Trinajstić information content (AvgIpc) is 2.31. The van der Waals surface area contributed by atoms with E-state index in [4.69, 9.17) is 0 Å². The highest BCUT2D eigenvalue weighted by Crippen LogP contribution is 2.29. The van der Waals surface area contributed by atoms with Gasteiger partial charge >= 0.3 is 0 Å². The average molecular weight is 276 g/mol. The minimum Gasteiger partial charge on any atom is -0.199 e. The Morgan fingerprint density at radius 3 is 2.56 bits per heavy atom. The van der Waals surface area contributed by atoms with Crippen molar-refractivity contribution in [2.24, 2.45) is 11.8 Å². The van der Waals surface area contributed by atoms with Crippen LogP contribution in [-0.4, -0.2) is 32.4 Å². The van der Waals surface area contributed by atoms with Gasteiger partial charge in [-0.1, -0.05) is 40.0 Å². The van der Waals surface area contributed by atoms with Crippen molar-refractivity contribution in [3.63, 3.8) is 0 Å². The third-order valence-electron chi connectivity index (χ3n) is 4.24. The molecule has 0 aromatic rings. The molecule has 1 aliphatic carbocycles. The van der Waals surface area contributed by atoms with Gasteiger partial charge in [-0.05, 0) is 24.7 Å². The maximum atomic E-state index is 12.2. The molecule has 0 saturated heterocycles. The zero-order valence-corrected chi connectivity index (χ0v) is 13.0. The Bertz CT molecular complexity index is 343. The Hall–Kier alpha value is -0.130. The van der Waals surface area contributed by atoms with Crippen LogP contribution < -0.4 is 4.72 Å². The summed E-state index contributed by atoms with van der Waals surface area (Å²) in [4.78, 5) is 0. The van der Waals surface area contributed by atoms with Crippen molar-refractivity contribution < 1.29 is 8.42 Å². The smallest absolute Gasteiger partial charge is 0.199 e. The molecule has 0 amide bonds. The summed E-state index contributed by atoms with van der Waals surface area (Å²) < 4.78 is 28.7. The fourth-order valence-electron chi connectivity index (χ4n) is 2.53. The lowest BCUT2D eigenvalue weighted by atomic mass is 9.78. The van der Waals surface area contributed by atoms with Crippen molar-refractivity contribution >= 4 is 10.2 Å². The third kappa shape index (κ3) is 4.21. The summed E-state index contributed by atoms with van der Waals surface area (Å²) in [5.74, 6) is 1.03. The van der Waals surface area contributed by atoms with Gasteiger partial charge in [-0.15, -0.1) is 0 Å². The van der Waals surface area contributed by atoms with E-state index < -0.39 is 10.2 Å². The van der Waals surface area contributed by atoms with E-state index >= 15 is 0 Å². The summed E-state index contributed by atoms with van der Waals surface area (Å²) in [6.07, 6.45) is 5.22. The lowest BCUT2D eigenvalue weighted by molar-refractivity contribution is 0.224. The van der Waals surface area contributed by atoms with E-state index in [1.807, 2.05) is 0 Å². The molecule has 5 heteroatoms. The highest BCUT2D eigenvalue weighted by Gasteiger charge is 2.31. The molecule has 1 fully saturated rings. The van der Waals surface area contributed by atoms with Crippen LogP contribution in [0.3, 0.4) is 0 Å². The molecule has 108 valence electrons. The first-order chi connectivity index (χ1) is 8.38. The summed E-state index contributed by atoms with van der Waals surface area (Å²) in [7, 11) is -1.64. The van der Waals surface area contributed by atoms with Gasteiger partial charge in [0.2, 0.25) is 0 Å². The van der Waals surface area contributed by atoms with Crippen molar-refractivity contribution in [3.05, 3.63) is 0 Å². The number of unbranched alkanes of at least 4 members (excludes halogenated alkanes) is 1. The summed E-state index contributed by atoms with van der Waals surface area (Å²) >= 11 is 0. The topological polar surface area (TPSA) is 49.4 Å². The molecule has 1 rings (SSSR count). The van der Waals surface area contributed by atoms with Crippen LogP contribution in [0, 0.1) is 11.8 Å². The molecule has 0 unspecified atom stereocenters. The second-order valence-electron chi connectivity index (χ2n) is 5.67. The van der Waals surface area contributed by atoms with Crippen molar-refractivity contribution in [3.8, 4) is 0 Å². The molecule has 0 heterocycles. The number of hydrogen-bond donors (Lipinski definition) is 1.